The molecule has 0 unspecified atom stereocenters. The lowest BCUT2D eigenvalue weighted by Gasteiger charge is -2.32. The summed E-state index contributed by atoms with van der Waals surface area (Å²) in [5.41, 5.74) is -3.31. The van der Waals surface area contributed by atoms with Crippen molar-refractivity contribution in [3.63, 3.8) is 0 Å². The number of benzene rings is 1. The average molecular weight is 361 g/mol. The molecule has 0 saturated carbocycles. The number of alkyl carbamates (subject to hydrolysis) is 1. The number of hydrogen-bond acceptors (Lipinski definition) is 3. The van der Waals surface area contributed by atoms with Crippen LogP contribution in [0.1, 0.15) is 51.8 Å². The molecule has 0 aliphatic heterocycles. The van der Waals surface area contributed by atoms with Crippen LogP contribution < -0.4 is 5.32 Å². The number of carbonyl (C=O) groups excluding carboxylic acids is 1. The Balaban J connectivity index is 3.29. The molecule has 8 heteroatoms. The second-order valence-corrected chi connectivity index (χ2v) is 7.23. The Labute approximate surface area is 144 Å². The predicted molar refractivity (Wildman–Crippen MR) is 85.0 cm³/mol. The molecule has 0 spiro atoms. The molecular formula is C17H22F3NO4. The number of carbonyl (C=O) groups is 2. The van der Waals surface area contributed by atoms with Crippen LogP contribution in [0.5, 0.6) is 0 Å². The lowest BCUT2D eigenvalue weighted by atomic mass is 9.80. The first-order chi connectivity index (χ1) is 11.1. The number of ether oxygens (including phenoxy) is 1. The predicted octanol–water partition coefficient (Wildman–Crippen LogP) is 4.38. The molecule has 0 aliphatic carbocycles. The fourth-order valence-corrected chi connectivity index (χ4v) is 2.12. The molecule has 1 atom stereocenters. The van der Waals surface area contributed by atoms with E-state index < -0.39 is 40.9 Å². The number of nitrogens with one attached hydrogen (secondary N) is 1. The van der Waals surface area contributed by atoms with Gasteiger partial charge < -0.3 is 15.2 Å². The van der Waals surface area contributed by atoms with E-state index in [0.29, 0.717) is 0 Å². The molecule has 0 fully saturated rings. The fourth-order valence-electron chi connectivity index (χ4n) is 2.12. The maximum Gasteiger partial charge on any atom is 0.416 e. The van der Waals surface area contributed by atoms with Gasteiger partial charge in [-0.1, -0.05) is 12.1 Å². The van der Waals surface area contributed by atoms with Crippen molar-refractivity contribution >= 4 is 12.1 Å². The van der Waals surface area contributed by atoms with Gasteiger partial charge in [0.1, 0.15) is 5.60 Å². The number of carboxylic acids is 1. The van der Waals surface area contributed by atoms with Crippen molar-refractivity contribution in [2.75, 3.05) is 0 Å². The lowest BCUT2D eigenvalue weighted by molar-refractivity contribution is -0.148. The molecule has 5 nitrogen and oxygen atoms in total. The molecule has 0 radical (unpaired) electrons. The summed E-state index contributed by atoms with van der Waals surface area (Å²) >= 11 is 0. The molecule has 0 aromatic heterocycles. The van der Waals surface area contributed by atoms with Gasteiger partial charge in [0.15, 0.2) is 0 Å². The Morgan fingerprint density at radius 1 is 1.12 bits per heavy atom. The summed E-state index contributed by atoms with van der Waals surface area (Å²) in [6, 6.07) is 2.98. The van der Waals surface area contributed by atoms with E-state index in [9.17, 15) is 27.9 Å². The van der Waals surface area contributed by atoms with E-state index in [-0.39, 0.29) is 5.56 Å². The van der Waals surface area contributed by atoms with Crippen molar-refractivity contribution in [3.8, 4) is 0 Å². The summed E-state index contributed by atoms with van der Waals surface area (Å²) in [5, 5.41) is 11.8. The average Bonchev–Trinajstić information content (AvgIpc) is 2.41. The summed E-state index contributed by atoms with van der Waals surface area (Å²) in [4.78, 5) is 23.6. The van der Waals surface area contributed by atoms with Crippen molar-refractivity contribution in [1.29, 1.82) is 0 Å². The maximum atomic E-state index is 12.9. The summed E-state index contributed by atoms with van der Waals surface area (Å²) in [6.07, 6.45) is -5.50. The normalized spacial score (nSPS) is 13.9. The summed E-state index contributed by atoms with van der Waals surface area (Å²) in [5.74, 6) is -1.27. The van der Waals surface area contributed by atoms with Gasteiger partial charge in [0.05, 0.1) is 17.0 Å². The number of rotatable bonds is 4. The second-order valence-electron chi connectivity index (χ2n) is 7.23. The number of aliphatic carboxylic acids is 1. The fraction of sp³-hybridized carbons (Fsp3) is 0.529. The standard InChI is InChI=1S/C17H22F3NO4/c1-15(2,3)25-14(24)21-12(16(4,5)13(22)23)10-7-6-8-11(9-10)17(18,19)20/h6-9,12H,1-5H3,(H,21,24)(H,22,23)/t12-/m1/s1. The minimum atomic E-state index is -4.58. The molecule has 1 amide bonds. The first-order valence-electron chi connectivity index (χ1n) is 7.54. The van der Waals surface area contributed by atoms with Crippen LogP contribution in [0, 0.1) is 5.41 Å². The zero-order chi connectivity index (χ0) is 19.6. The Kier molecular flexibility index (Phi) is 5.77. The van der Waals surface area contributed by atoms with Crippen molar-refractivity contribution in [3.05, 3.63) is 35.4 Å². The van der Waals surface area contributed by atoms with Crippen LogP contribution in [0.3, 0.4) is 0 Å². The van der Waals surface area contributed by atoms with Crippen molar-refractivity contribution in [2.24, 2.45) is 5.41 Å². The smallest absolute Gasteiger partial charge is 0.416 e. The maximum absolute atomic E-state index is 12.9. The summed E-state index contributed by atoms with van der Waals surface area (Å²) in [7, 11) is 0. The molecule has 0 aliphatic rings. The minimum absolute atomic E-state index is 0.0214. The molecule has 1 aromatic rings. The van der Waals surface area contributed by atoms with Crippen LogP contribution in [0.4, 0.5) is 18.0 Å². The van der Waals surface area contributed by atoms with E-state index in [1.54, 1.807) is 20.8 Å². The molecule has 140 valence electrons. The van der Waals surface area contributed by atoms with Gasteiger partial charge >= 0.3 is 18.2 Å². The molecule has 0 saturated heterocycles. The second kappa shape index (κ2) is 6.93. The van der Waals surface area contributed by atoms with E-state index in [1.165, 1.54) is 26.0 Å². The number of carboxylic acid groups (broad SMARTS) is 1. The van der Waals surface area contributed by atoms with Gasteiger partial charge in [-0.25, -0.2) is 4.79 Å². The van der Waals surface area contributed by atoms with Crippen molar-refractivity contribution in [2.45, 2.75) is 52.4 Å². The van der Waals surface area contributed by atoms with Crippen molar-refractivity contribution in [1.82, 2.24) is 5.32 Å². The van der Waals surface area contributed by atoms with E-state index in [0.717, 1.165) is 12.1 Å². The van der Waals surface area contributed by atoms with Crippen LogP contribution in [0.2, 0.25) is 0 Å². The van der Waals surface area contributed by atoms with Crippen LogP contribution in [0.25, 0.3) is 0 Å². The molecule has 1 rings (SSSR count). The highest BCUT2D eigenvalue weighted by atomic mass is 19.4. The van der Waals surface area contributed by atoms with Crippen LogP contribution in [0.15, 0.2) is 24.3 Å². The van der Waals surface area contributed by atoms with Gasteiger partial charge in [0.2, 0.25) is 0 Å². The van der Waals surface area contributed by atoms with Crippen LogP contribution in [-0.2, 0) is 15.7 Å². The first-order valence-corrected chi connectivity index (χ1v) is 7.54. The quantitative estimate of drug-likeness (QED) is 0.834. The van der Waals surface area contributed by atoms with Gasteiger partial charge in [-0.15, -0.1) is 0 Å². The van der Waals surface area contributed by atoms with Gasteiger partial charge in [-0.05, 0) is 52.3 Å². The third kappa shape index (κ3) is 5.65. The van der Waals surface area contributed by atoms with Gasteiger partial charge in [0, 0.05) is 0 Å². The monoisotopic (exact) mass is 361 g/mol. The molecule has 1 aromatic carbocycles. The van der Waals surface area contributed by atoms with E-state index >= 15 is 0 Å². The van der Waals surface area contributed by atoms with Gasteiger partial charge in [0.25, 0.3) is 0 Å². The summed E-state index contributed by atoms with van der Waals surface area (Å²) < 4.78 is 43.9. The topological polar surface area (TPSA) is 75.6 Å². The first kappa shape index (κ1) is 20.8. The third-order valence-electron chi connectivity index (χ3n) is 3.48. The molecule has 2 N–H and O–H groups in total. The Bertz CT molecular complexity index is 648. The SMILES string of the molecule is CC(C)(C)OC(=O)N[C@H](c1cccc(C(F)(F)F)c1)C(C)(C)C(=O)O. The Morgan fingerprint density at radius 3 is 2.12 bits per heavy atom. The van der Waals surface area contributed by atoms with Crippen LogP contribution in [-0.4, -0.2) is 22.8 Å². The van der Waals surface area contributed by atoms with Gasteiger partial charge in [-0.3, -0.25) is 4.79 Å². The van der Waals surface area contributed by atoms with E-state index in [4.69, 9.17) is 4.74 Å². The Hall–Kier alpha value is -2.25. The highest BCUT2D eigenvalue weighted by Crippen LogP contribution is 2.37. The lowest BCUT2D eigenvalue weighted by Crippen LogP contribution is -2.44. The molecule has 0 heterocycles. The van der Waals surface area contributed by atoms with Gasteiger partial charge in [-0.2, -0.15) is 13.2 Å². The molecule has 25 heavy (non-hydrogen) atoms. The van der Waals surface area contributed by atoms with Crippen molar-refractivity contribution < 1.29 is 32.6 Å². The highest BCUT2D eigenvalue weighted by Gasteiger charge is 2.41. The Morgan fingerprint density at radius 2 is 1.68 bits per heavy atom. The van der Waals surface area contributed by atoms with E-state index in [1.807, 2.05) is 0 Å². The van der Waals surface area contributed by atoms with E-state index in [2.05, 4.69) is 5.32 Å². The highest BCUT2D eigenvalue weighted by molar-refractivity contribution is 5.77. The molecule has 0 bridgehead atoms. The van der Waals surface area contributed by atoms with Crippen LogP contribution >= 0.6 is 0 Å². The molecular weight excluding hydrogens is 339 g/mol. The number of alkyl halides is 3. The number of halogens is 3. The number of amides is 1. The summed E-state index contributed by atoms with van der Waals surface area (Å²) in [6.45, 7) is 7.49. The largest absolute Gasteiger partial charge is 0.481 e. The minimum Gasteiger partial charge on any atom is -0.481 e. The zero-order valence-electron chi connectivity index (χ0n) is 14.7. The zero-order valence-corrected chi connectivity index (χ0v) is 14.7. The third-order valence-corrected chi connectivity index (χ3v) is 3.48. The number of hydrogen-bond donors (Lipinski definition) is 2.